The van der Waals surface area contributed by atoms with Crippen molar-refractivity contribution in [2.75, 3.05) is 20.2 Å². The summed E-state index contributed by atoms with van der Waals surface area (Å²) < 4.78 is 6.64. The van der Waals surface area contributed by atoms with Gasteiger partial charge in [-0.25, -0.2) is 9.48 Å². The zero-order valence-corrected chi connectivity index (χ0v) is 18.0. The molecule has 1 aliphatic rings. The Kier molecular flexibility index (Phi) is 6.55. The second-order valence-corrected chi connectivity index (χ2v) is 8.02. The highest BCUT2D eigenvalue weighted by Crippen LogP contribution is 2.25. The fraction of sp³-hybridized carbons (Fsp3) is 0.348. The molecule has 32 heavy (non-hydrogen) atoms. The third-order valence-electron chi connectivity index (χ3n) is 5.69. The molecule has 3 aromatic rings. The zero-order chi connectivity index (χ0) is 22.4. The topological polar surface area (TPSA) is 102 Å². The Morgan fingerprint density at radius 3 is 2.56 bits per heavy atom. The summed E-state index contributed by atoms with van der Waals surface area (Å²) in [7, 11) is 1.37. The number of rotatable bonds is 7. The van der Waals surface area contributed by atoms with Gasteiger partial charge in [0.1, 0.15) is 6.33 Å². The number of hydrogen-bond donors (Lipinski definition) is 1. The van der Waals surface area contributed by atoms with Gasteiger partial charge >= 0.3 is 5.97 Å². The molecule has 9 nitrogen and oxygen atoms in total. The Morgan fingerprint density at radius 1 is 1.09 bits per heavy atom. The van der Waals surface area contributed by atoms with Gasteiger partial charge in [0.25, 0.3) is 0 Å². The van der Waals surface area contributed by atoms with E-state index in [1.807, 2.05) is 42.5 Å². The quantitative estimate of drug-likeness (QED) is 0.563. The summed E-state index contributed by atoms with van der Waals surface area (Å²) in [6.07, 6.45) is 3.01. The van der Waals surface area contributed by atoms with Gasteiger partial charge in [-0.05, 0) is 53.1 Å². The van der Waals surface area contributed by atoms with Crippen LogP contribution in [0, 0.1) is 0 Å². The Morgan fingerprint density at radius 2 is 1.88 bits per heavy atom. The molecule has 1 aromatic heterocycles. The van der Waals surface area contributed by atoms with E-state index in [-0.39, 0.29) is 12.3 Å². The Hall–Kier alpha value is -3.59. The highest BCUT2D eigenvalue weighted by molar-refractivity contribution is 5.89. The van der Waals surface area contributed by atoms with Crippen LogP contribution >= 0.6 is 0 Å². The van der Waals surface area contributed by atoms with Gasteiger partial charge in [-0.1, -0.05) is 42.5 Å². The average molecular weight is 435 g/mol. The van der Waals surface area contributed by atoms with Crippen LogP contribution in [0.4, 0.5) is 0 Å². The number of nitrogens with zero attached hydrogens (tertiary/aromatic N) is 5. The van der Waals surface area contributed by atoms with Gasteiger partial charge in [0, 0.05) is 13.1 Å². The van der Waals surface area contributed by atoms with Crippen LogP contribution in [-0.4, -0.2) is 62.7 Å². The first-order valence-electron chi connectivity index (χ1n) is 10.6. The predicted octanol–water partition coefficient (Wildman–Crippen LogP) is 1.53. The number of tetrazole rings is 1. The Balaban J connectivity index is 1.43. The number of aromatic nitrogens is 4. The maximum Gasteiger partial charge on any atom is 0.332 e. The molecule has 9 heteroatoms. The lowest BCUT2D eigenvalue weighted by Gasteiger charge is -2.41. The standard InChI is InChI=1S/C23H26N6O3/c1-32-22(31)23(12-5-13-28(16-23)15-19-6-3-2-4-7-19)25-21(30)14-18-8-10-20(11-9-18)29-17-24-26-27-29/h2-4,6-11,17H,5,12-16H2,1H3,(H,25,30)/t23-/m1/s1. The summed E-state index contributed by atoms with van der Waals surface area (Å²) in [4.78, 5) is 27.9. The first-order chi connectivity index (χ1) is 15.6. The van der Waals surface area contributed by atoms with Crippen molar-refractivity contribution in [3.63, 3.8) is 0 Å². The van der Waals surface area contributed by atoms with Crippen LogP contribution < -0.4 is 5.32 Å². The number of esters is 1. The molecule has 0 unspecified atom stereocenters. The van der Waals surface area contributed by atoms with Gasteiger partial charge in [-0.2, -0.15) is 0 Å². The smallest absolute Gasteiger partial charge is 0.332 e. The minimum absolute atomic E-state index is 0.160. The van der Waals surface area contributed by atoms with Gasteiger partial charge in [0.15, 0.2) is 5.54 Å². The van der Waals surface area contributed by atoms with Gasteiger partial charge < -0.3 is 10.1 Å². The normalized spacial score (nSPS) is 18.8. The van der Waals surface area contributed by atoms with Crippen LogP contribution in [0.15, 0.2) is 60.9 Å². The molecule has 1 aliphatic heterocycles. The lowest BCUT2D eigenvalue weighted by atomic mass is 9.88. The van der Waals surface area contributed by atoms with E-state index < -0.39 is 11.5 Å². The molecular formula is C23H26N6O3. The molecule has 1 atom stereocenters. The second-order valence-electron chi connectivity index (χ2n) is 8.02. The fourth-order valence-electron chi connectivity index (χ4n) is 4.18. The number of piperidine rings is 1. The Labute approximate surface area is 186 Å². The number of carbonyl (C=O) groups is 2. The number of likely N-dealkylation sites (tertiary alicyclic amines) is 1. The number of methoxy groups -OCH3 is 1. The van der Waals surface area contributed by atoms with Crippen molar-refractivity contribution < 1.29 is 14.3 Å². The van der Waals surface area contributed by atoms with Crippen LogP contribution in [0.25, 0.3) is 5.69 Å². The van der Waals surface area contributed by atoms with E-state index >= 15 is 0 Å². The first-order valence-corrected chi connectivity index (χ1v) is 10.6. The molecule has 0 radical (unpaired) electrons. The number of benzene rings is 2. The van der Waals surface area contributed by atoms with E-state index in [4.69, 9.17) is 4.74 Å². The molecule has 2 aromatic carbocycles. The van der Waals surface area contributed by atoms with Crippen molar-refractivity contribution in [2.45, 2.75) is 31.3 Å². The molecule has 1 fully saturated rings. The van der Waals surface area contributed by atoms with Gasteiger partial charge in [-0.3, -0.25) is 9.69 Å². The largest absolute Gasteiger partial charge is 0.467 e. The first kappa shape index (κ1) is 21.6. The SMILES string of the molecule is COC(=O)[C@@]1(NC(=O)Cc2ccc(-n3cnnn3)cc2)CCCN(Cc2ccccc2)C1. The number of nitrogens with one attached hydrogen (secondary N) is 1. The summed E-state index contributed by atoms with van der Waals surface area (Å²) in [6, 6.07) is 17.5. The number of hydrogen-bond acceptors (Lipinski definition) is 7. The van der Waals surface area contributed by atoms with Crippen LogP contribution in [-0.2, 0) is 27.3 Å². The summed E-state index contributed by atoms with van der Waals surface area (Å²) in [5.74, 6) is -0.621. The third kappa shape index (κ3) is 5.00. The third-order valence-corrected chi connectivity index (χ3v) is 5.69. The lowest BCUT2D eigenvalue weighted by Crippen LogP contribution is -2.63. The van der Waals surface area contributed by atoms with Crippen molar-refractivity contribution >= 4 is 11.9 Å². The molecule has 0 saturated carbocycles. The van der Waals surface area contributed by atoms with Crippen molar-refractivity contribution in [2.24, 2.45) is 0 Å². The molecule has 4 rings (SSSR count). The van der Waals surface area contributed by atoms with Crippen LogP contribution in [0.2, 0.25) is 0 Å². The summed E-state index contributed by atoms with van der Waals surface area (Å²) >= 11 is 0. The van der Waals surface area contributed by atoms with Gasteiger partial charge in [-0.15, -0.1) is 5.10 Å². The summed E-state index contributed by atoms with van der Waals surface area (Å²) in [5, 5.41) is 14.1. The minimum Gasteiger partial charge on any atom is -0.467 e. The van der Waals surface area contributed by atoms with E-state index in [0.29, 0.717) is 19.5 Å². The summed E-state index contributed by atoms with van der Waals surface area (Å²) in [6.45, 7) is 1.99. The Bertz CT molecular complexity index is 1040. The molecule has 2 heterocycles. The fourth-order valence-corrected chi connectivity index (χ4v) is 4.18. The number of amides is 1. The average Bonchev–Trinajstić information content (AvgIpc) is 3.35. The van der Waals surface area contributed by atoms with Crippen LogP contribution in [0.5, 0.6) is 0 Å². The maximum atomic E-state index is 12.9. The second kappa shape index (κ2) is 9.69. The van der Waals surface area contributed by atoms with Gasteiger partial charge in [0.2, 0.25) is 5.91 Å². The number of ether oxygens (including phenoxy) is 1. The lowest BCUT2D eigenvalue weighted by molar-refractivity contribution is -0.153. The van der Waals surface area contributed by atoms with Crippen molar-refractivity contribution in [1.82, 2.24) is 30.4 Å². The zero-order valence-electron chi connectivity index (χ0n) is 18.0. The summed E-state index contributed by atoms with van der Waals surface area (Å²) in [5.41, 5.74) is 1.75. The molecule has 0 spiro atoms. The molecule has 1 saturated heterocycles. The van der Waals surface area contributed by atoms with E-state index in [0.717, 1.165) is 24.2 Å². The molecule has 0 aliphatic carbocycles. The van der Waals surface area contributed by atoms with Crippen LogP contribution in [0.3, 0.4) is 0 Å². The molecule has 1 amide bonds. The maximum absolute atomic E-state index is 12.9. The van der Waals surface area contributed by atoms with E-state index in [1.54, 1.807) is 4.68 Å². The molecule has 1 N–H and O–H groups in total. The highest BCUT2D eigenvalue weighted by atomic mass is 16.5. The highest BCUT2D eigenvalue weighted by Gasteiger charge is 2.44. The van der Waals surface area contributed by atoms with Crippen LogP contribution in [0.1, 0.15) is 24.0 Å². The predicted molar refractivity (Wildman–Crippen MR) is 117 cm³/mol. The van der Waals surface area contributed by atoms with Crippen molar-refractivity contribution in [1.29, 1.82) is 0 Å². The monoisotopic (exact) mass is 434 g/mol. The molecular weight excluding hydrogens is 408 g/mol. The van der Waals surface area contributed by atoms with E-state index in [2.05, 4.69) is 37.9 Å². The van der Waals surface area contributed by atoms with Gasteiger partial charge in [0.05, 0.1) is 19.2 Å². The molecule has 166 valence electrons. The minimum atomic E-state index is -1.05. The number of carbonyl (C=O) groups excluding carboxylic acids is 2. The van der Waals surface area contributed by atoms with Crippen molar-refractivity contribution in [3.05, 3.63) is 72.1 Å². The molecule has 0 bridgehead atoms. The van der Waals surface area contributed by atoms with E-state index in [9.17, 15) is 9.59 Å². The van der Waals surface area contributed by atoms with Crippen molar-refractivity contribution in [3.8, 4) is 5.69 Å². The van der Waals surface area contributed by atoms with E-state index in [1.165, 1.54) is 19.0 Å².